The summed E-state index contributed by atoms with van der Waals surface area (Å²) in [5.74, 6) is -0.198. The molecule has 0 fully saturated rings. The third kappa shape index (κ3) is 5.21. The Labute approximate surface area is 212 Å². The van der Waals surface area contributed by atoms with Gasteiger partial charge in [-0.2, -0.15) is 5.10 Å². The molecule has 4 aromatic rings. The molecule has 1 N–H and O–H groups in total. The Morgan fingerprint density at radius 2 is 1.72 bits per heavy atom. The Morgan fingerprint density at radius 3 is 2.42 bits per heavy atom. The Hall–Kier alpha value is -3.45. The van der Waals surface area contributed by atoms with Crippen LogP contribution in [-0.4, -0.2) is 51.3 Å². The number of para-hydroxylation sites is 1. The van der Waals surface area contributed by atoms with Gasteiger partial charge in [-0.3, -0.25) is 9.59 Å². The number of nitrogens with one attached hydrogen (secondary N) is 1. The smallest absolute Gasteiger partial charge is 0.291 e. The summed E-state index contributed by atoms with van der Waals surface area (Å²) in [5.41, 5.74) is 6.17. The first-order valence-electron chi connectivity index (χ1n) is 12.9. The van der Waals surface area contributed by atoms with Crippen LogP contribution in [0.3, 0.4) is 0 Å². The molecule has 0 unspecified atom stereocenters. The van der Waals surface area contributed by atoms with Gasteiger partial charge in [0.2, 0.25) is 5.91 Å². The average Bonchev–Trinajstić information content (AvgIpc) is 3.17. The first-order chi connectivity index (χ1) is 17.3. The maximum atomic E-state index is 13.7. The van der Waals surface area contributed by atoms with Gasteiger partial charge < -0.3 is 14.8 Å². The summed E-state index contributed by atoms with van der Waals surface area (Å²) >= 11 is 0. The van der Waals surface area contributed by atoms with E-state index in [1.807, 2.05) is 24.3 Å². The molecule has 0 bridgehead atoms. The molecule has 2 aromatic heterocycles. The summed E-state index contributed by atoms with van der Waals surface area (Å²) in [6.45, 7) is 14.6. The summed E-state index contributed by atoms with van der Waals surface area (Å²) < 4.78 is 3.37. The fraction of sp³-hybridized carbons (Fsp3) is 0.414. The summed E-state index contributed by atoms with van der Waals surface area (Å²) in [5, 5.41) is 9.11. The second-order valence-electron chi connectivity index (χ2n) is 9.58. The van der Waals surface area contributed by atoms with E-state index in [-0.39, 0.29) is 18.0 Å². The minimum atomic E-state index is -0.246. The lowest BCUT2D eigenvalue weighted by Crippen LogP contribution is -2.35. The van der Waals surface area contributed by atoms with Gasteiger partial charge in [0.1, 0.15) is 12.1 Å². The molecule has 0 aliphatic rings. The molecule has 0 aliphatic carbocycles. The highest BCUT2D eigenvalue weighted by Gasteiger charge is 2.18. The first-order valence-corrected chi connectivity index (χ1v) is 12.9. The maximum absolute atomic E-state index is 13.7. The Balaban J connectivity index is 1.65. The van der Waals surface area contributed by atoms with Gasteiger partial charge in [-0.25, -0.2) is 4.68 Å². The second kappa shape index (κ2) is 11.1. The van der Waals surface area contributed by atoms with Crippen LogP contribution in [0.15, 0.2) is 47.4 Å². The quantitative estimate of drug-likeness (QED) is 0.341. The van der Waals surface area contributed by atoms with Crippen molar-refractivity contribution in [1.29, 1.82) is 0 Å². The van der Waals surface area contributed by atoms with E-state index in [1.165, 1.54) is 26.9 Å². The van der Waals surface area contributed by atoms with Crippen molar-refractivity contribution in [2.75, 3.05) is 26.2 Å². The fourth-order valence-electron chi connectivity index (χ4n) is 5.15. The van der Waals surface area contributed by atoms with Gasteiger partial charge in [-0.1, -0.05) is 49.7 Å². The summed E-state index contributed by atoms with van der Waals surface area (Å²) in [6.07, 6.45) is 2.59. The van der Waals surface area contributed by atoms with Gasteiger partial charge >= 0.3 is 0 Å². The van der Waals surface area contributed by atoms with E-state index >= 15 is 0 Å². The van der Waals surface area contributed by atoms with E-state index in [2.05, 4.69) is 66.6 Å². The summed E-state index contributed by atoms with van der Waals surface area (Å²) in [6, 6.07) is 12.4. The molecule has 7 nitrogen and oxygen atoms in total. The zero-order valence-corrected chi connectivity index (χ0v) is 22.1. The molecule has 2 heterocycles. The maximum Gasteiger partial charge on any atom is 0.291 e. The minimum absolute atomic E-state index is 0.0931. The highest BCUT2D eigenvalue weighted by atomic mass is 16.2. The molecule has 0 spiro atoms. The molecular formula is C29H37N5O2. The van der Waals surface area contributed by atoms with Crippen LogP contribution in [0.5, 0.6) is 0 Å². The van der Waals surface area contributed by atoms with Crippen LogP contribution in [0.1, 0.15) is 42.5 Å². The van der Waals surface area contributed by atoms with E-state index in [1.54, 1.807) is 6.20 Å². The normalized spacial score (nSPS) is 11.6. The number of hydrogen-bond donors (Lipinski definition) is 1. The van der Waals surface area contributed by atoms with E-state index in [4.69, 9.17) is 0 Å². The van der Waals surface area contributed by atoms with Crippen LogP contribution in [-0.2, 0) is 17.9 Å². The van der Waals surface area contributed by atoms with Gasteiger partial charge in [0.15, 0.2) is 0 Å². The minimum Gasteiger partial charge on any atom is -0.354 e. The number of amides is 1. The topological polar surface area (TPSA) is 72.2 Å². The monoisotopic (exact) mass is 487 g/mol. The first kappa shape index (κ1) is 25.6. The Morgan fingerprint density at radius 1 is 1.03 bits per heavy atom. The van der Waals surface area contributed by atoms with Crippen molar-refractivity contribution in [3.63, 3.8) is 0 Å². The lowest BCUT2D eigenvalue weighted by atomic mass is 10.00. The third-order valence-electron chi connectivity index (χ3n) is 7.09. The lowest BCUT2D eigenvalue weighted by Gasteiger charge is -2.17. The fourth-order valence-corrected chi connectivity index (χ4v) is 5.15. The van der Waals surface area contributed by atoms with Crippen molar-refractivity contribution in [3.8, 4) is 0 Å². The van der Waals surface area contributed by atoms with Crippen LogP contribution >= 0.6 is 0 Å². The van der Waals surface area contributed by atoms with Crippen molar-refractivity contribution >= 4 is 27.7 Å². The average molecular weight is 488 g/mol. The molecule has 36 heavy (non-hydrogen) atoms. The molecule has 0 saturated carbocycles. The number of aromatic nitrogens is 3. The zero-order valence-electron chi connectivity index (χ0n) is 22.1. The molecule has 7 heteroatoms. The number of carbonyl (C=O) groups excluding carboxylic acids is 1. The molecule has 0 radical (unpaired) electrons. The summed E-state index contributed by atoms with van der Waals surface area (Å²) in [4.78, 5) is 28.6. The molecule has 190 valence electrons. The largest absolute Gasteiger partial charge is 0.354 e. The van der Waals surface area contributed by atoms with Crippen LogP contribution in [0, 0.1) is 20.8 Å². The van der Waals surface area contributed by atoms with Gasteiger partial charge in [0.05, 0.1) is 6.20 Å². The van der Waals surface area contributed by atoms with Gasteiger partial charge in [-0.15, -0.1) is 0 Å². The van der Waals surface area contributed by atoms with Crippen molar-refractivity contribution in [2.45, 2.75) is 54.1 Å². The molecule has 1 amide bonds. The number of benzene rings is 2. The van der Waals surface area contributed by atoms with Crippen LogP contribution in [0.2, 0.25) is 0 Å². The molecule has 0 aliphatic heterocycles. The van der Waals surface area contributed by atoms with Gasteiger partial charge in [-0.05, 0) is 69.6 Å². The standard InChI is InChI=1S/C29H37N5O2/c1-6-32(7-2)14-10-13-30-27(35)19-34-29(36)28-24(17-31-34)23-11-8-9-12-26(23)33(28)18-25-21(4)15-20(3)16-22(25)5/h8-9,11-12,15-17H,6-7,10,13-14,18-19H2,1-5H3,(H,30,35). The van der Waals surface area contributed by atoms with Gasteiger partial charge in [0.25, 0.3) is 5.56 Å². The third-order valence-corrected chi connectivity index (χ3v) is 7.09. The molecule has 4 rings (SSSR count). The highest BCUT2D eigenvalue weighted by molar-refractivity contribution is 6.07. The van der Waals surface area contributed by atoms with Crippen molar-refractivity contribution in [1.82, 2.24) is 24.6 Å². The Kier molecular flexibility index (Phi) is 7.89. The number of nitrogens with zero attached hydrogens (tertiary/aromatic N) is 4. The number of aryl methyl sites for hydroxylation is 3. The summed E-state index contributed by atoms with van der Waals surface area (Å²) in [7, 11) is 0. The van der Waals surface area contributed by atoms with Crippen molar-refractivity contribution in [2.24, 2.45) is 0 Å². The van der Waals surface area contributed by atoms with E-state index in [9.17, 15) is 9.59 Å². The molecule has 2 aromatic carbocycles. The molecule has 0 saturated heterocycles. The van der Waals surface area contributed by atoms with E-state index in [0.717, 1.165) is 42.3 Å². The zero-order chi connectivity index (χ0) is 25.8. The van der Waals surface area contributed by atoms with Gasteiger partial charge in [0, 0.05) is 29.4 Å². The number of rotatable bonds is 10. The number of fused-ring (bicyclic) bond motifs is 3. The molecular weight excluding hydrogens is 450 g/mol. The highest BCUT2D eigenvalue weighted by Crippen LogP contribution is 2.28. The van der Waals surface area contributed by atoms with Crippen LogP contribution in [0.25, 0.3) is 21.8 Å². The number of hydrogen-bond acceptors (Lipinski definition) is 4. The van der Waals surface area contributed by atoms with Crippen molar-refractivity contribution in [3.05, 3.63) is 75.2 Å². The second-order valence-corrected chi connectivity index (χ2v) is 9.58. The SMILES string of the molecule is CCN(CC)CCCNC(=O)Cn1ncc2c3ccccc3n(Cc3c(C)cc(C)cc3C)c2c1=O. The predicted octanol–water partition coefficient (Wildman–Crippen LogP) is 4.17. The van der Waals surface area contributed by atoms with Crippen LogP contribution in [0.4, 0.5) is 0 Å². The van der Waals surface area contributed by atoms with Crippen LogP contribution < -0.4 is 10.9 Å². The Bertz CT molecular complexity index is 1420. The predicted molar refractivity (Wildman–Crippen MR) is 147 cm³/mol. The molecule has 0 atom stereocenters. The number of carbonyl (C=O) groups is 1. The van der Waals surface area contributed by atoms with E-state index < -0.39 is 0 Å². The van der Waals surface area contributed by atoms with Crippen molar-refractivity contribution < 1.29 is 4.79 Å². The van der Waals surface area contributed by atoms with E-state index in [0.29, 0.717) is 18.6 Å². The lowest BCUT2D eigenvalue weighted by molar-refractivity contribution is -0.121.